The molecule has 0 amide bonds. The van der Waals surface area contributed by atoms with Gasteiger partial charge in [0, 0.05) is 18.4 Å². The summed E-state index contributed by atoms with van der Waals surface area (Å²) < 4.78 is 77.9. The first-order valence-corrected chi connectivity index (χ1v) is 8.65. The fourth-order valence-electron chi connectivity index (χ4n) is 2.44. The van der Waals surface area contributed by atoms with E-state index in [2.05, 4.69) is 20.6 Å². The number of nitrogens with one attached hydrogen (secondary N) is 2. The van der Waals surface area contributed by atoms with E-state index in [4.69, 9.17) is 0 Å². The van der Waals surface area contributed by atoms with Gasteiger partial charge in [-0.25, -0.2) is 4.98 Å². The fraction of sp³-hybridized carbons (Fsp3) is 0.412. The van der Waals surface area contributed by atoms with E-state index < -0.39 is 29.2 Å². The second-order valence-electron chi connectivity index (χ2n) is 6.73. The highest BCUT2D eigenvalue weighted by Gasteiger charge is 2.37. The maximum Gasteiger partial charge on any atom is 0.416 e. The Bertz CT molecular complexity index is 806. The molecule has 0 unspecified atom stereocenters. The summed E-state index contributed by atoms with van der Waals surface area (Å²) in [5, 5.41) is 5.52. The number of rotatable bonds is 7. The van der Waals surface area contributed by atoms with Gasteiger partial charge in [0.2, 0.25) is 5.95 Å². The molecule has 158 valence electrons. The van der Waals surface area contributed by atoms with E-state index in [0.717, 1.165) is 13.0 Å². The molecule has 1 aromatic carbocycles. The van der Waals surface area contributed by atoms with Gasteiger partial charge in [-0.2, -0.15) is 31.3 Å². The molecule has 1 aromatic heterocycles. The van der Waals surface area contributed by atoms with Gasteiger partial charge in [0.25, 0.3) is 0 Å². The molecule has 0 saturated heterocycles. The zero-order valence-electron chi connectivity index (χ0n) is 16.0. The largest absolute Gasteiger partial charge is 0.416 e. The summed E-state index contributed by atoms with van der Waals surface area (Å²) in [5.74, 6) is 0.336. The van der Waals surface area contributed by atoms with Gasteiger partial charge in [-0.3, -0.25) is 0 Å². The van der Waals surface area contributed by atoms with Crippen molar-refractivity contribution in [3.05, 3.63) is 35.5 Å². The second-order valence-corrected chi connectivity index (χ2v) is 6.73. The lowest BCUT2D eigenvalue weighted by Gasteiger charge is -2.16. The van der Waals surface area contributed by atoms with Crippen molar-refractivity contribution in [1.29, 1.82) is 0 Å². The number of alkyl halides is 6. The van der Waals surface area contributed by atoms with Gasteiger partial charge < -0.3 is 15.5 Å². The normalized spacial score (nSPS) is 12.3. The lowest BCUT2D eigenvalue weighted by atomic mass is 9.99. The highest BCUT2D eigenvalue weighted by atomic mass is 19.4. The number of halogens is 6. The van der Waals surface area contributed by atoms with Gasteiger partial charge in [0.15, 0.2) is 0 Å². The van der Waals surface area contributed by atoms with Crippen LogP contribution in [0.4, 0.5) is 43.8 Å². The van der Waals surface area contributed by atoms with Crippen LogP contribution in [0, 0.1) is 0 Å². The quantitative estimate of drug-likeness (QED) is 0.411. The Morgan fingerprint density at radius 2 is 1.59 bits per heavy atom. The summed E-state index contributed by atoms with van der Waals surface area (Å²) in [6.45, 7) is 1.43. The van der Waals surface area contributed by atoms with Gasteiger partial charge in [-0.05, 0) is 50.7 Å². The lowest BCUT2D eigenvalue weighted by Crippen LogP contribution is -2.20. The highest BCUT2D eigenvalue weighted by Crippen LogP contribution is 2.37. The van der Waals surface area contributed by atoms with Crippen LogP contribution in [0.3, 0.4) is 0 Å². The molecular weight excluding hydrogens is 399 g/mol. The number of hydrogen-bond acceptors (Lipinski definition) is 5. The zero-order valence-corrected chi connectivity index (χ0v) is 16.0. The third-order valence-corrected chi connectivity index (χ3v) is 3.89. The molecule has 0 aliphatic heterocycles. The Morgan fingerprint density at radius 3 is 2.10 bits per heavy atom. The molecule has 29 heavy (non-hydrogen) atoms. The molecule has 2 aromatic rings. The summed E-state index contributed by atoms with van der Waals surface area (Å²) in [6, 6.07) is 1.24. The van der Waals surface area contributed by atoms with E-state index in [1.54, 1.807) is 7.85 Å². The molecule has 0 aliphatic carbocycles. The maximum atomic E-state index is 13.0. The Morgan fingerprint density at radius 1 is 1.00 bits per heavy atom. The van der Waals surface area contributed by atoms with Crippen molar-refractivity contribution in [2.24, 2.45) is 0 Å². The van der Waals surface area contributed by atoms with Crippen molar-refractivity contribution in [3.8, 4) is 0 Å². The molecule has 0 bridgehead atoms. The van der Waals surface area contributed by atoms with Gasteiger partial charge in [-0.15, -0.1) is 0 Å². The zero-order chi connectivity index (χ0) is 21.8. The van der Waals surface area contributed by atoms with Crippen LogP contribution in [0.5, 0.6) is 0 Å². The van der Waals surface area contributed by atoms with Gasteiger partial charge in [0.05, 0.1) is 11.1 Å². The second kappa shape index (κ2) is 8.89. The first-order chi connectivity index (χ1) is 13.4. The fourth-order valence-corrected chi connectivity index (χ4v) is 2.44. The van der Waals surface area contributed by atoms with Crippen molar-refractivity contribution in [2.45, 2.75) is 18.8 Å². The Labute approximate surface area is 164 Å². The molecule has 0 saturated carbocycles. The summed E-state index contributed by atoms with van der Waals surface area (Å²) >= 11 is 0. The van der Waals surface area contributed by atoms with Gasteiger partial charge in [0.1, 0.15) is 13.7 Å². The molecular formula is C17H20BF6N5. The summed E-state index contributed by atoms with van der Waals surface area (Å²) in [4.78, 5) is 10.1. The predicted octanol–water partition coefficient (Wildman–Crippen LogP) is 2.88. The van der Waals surface area contributed by atoms with Crippen molar-refractivity contribution in [2.75, 3.05) is 37.8 Å². The van der Waals surface area contributed by atoms with Crippen molar-refractivity contribution < 1.29 is 26.3 Å². The summed E-state index contributed by atoms with van der Waals surface area (Å²) in [5.41, 5.74) is -2.54. The molecule has 2 rings (SSSR count). The van der Waals surface area contributed by atoms with Crippen LogP contribution in [0.25, 0.3) is 0 Å². The lowest BCUT2D eigenvalue weighted by molar-refractivity contribution is -0.143. The minimum Gasteiger partial charge on any atom is -0.370 e. The van der Waals surface area contributed by atoms with E-state index in [1.165, 1.54) is 6.20 Å². The van der Waals surface area contributed by atoms with Gasteiger partial charge >= 0.3 is 12.4 Å². The van der Waals surface area contributed by atoms with E-state index >= 15 is 0 Å². The Balaban J connectivity index is 2.25. The molecule has 0 atom stereocenters. The average molecular weight is 419 g/mol. The monoisotopic (exact) mass is 419 g/mol. The molecule has 5 nitrogen and oxygen atoms in total. The van der Waals surface area contributed by atoms with Crippen LogP contribution in [-0.4, -0.2) is 49.9 Å². The molecule has 0 radical (unpaired) electrons. The van der Waals surface area contributed by atoms with E-state index in [1.807, 2.05) is 19.0 Å². The van der Waals surface area contributed by atoms with Crippen LogP contribution in [0.15, 0.2) is 24.4 Å². The van der Waals surface area contributed by atoms with Crippen molar-refractivity contribution in [3.63, 3.8) is 0 Å². The third kappa shape index (κ3) is 6.80. The molecule has 0 spiro atoms. The average Bonchev–Trinajstić information content (AvgIpc) is 2.59. The molecule has 12 heteroatoms. The number of benzene rings is 1. The molecule has 1 heterocycles. The minimum absolute atomic E-state index is 0.0684. The number of nitrogens with zero attached hydrogens (tertiary/aromatic N) is 3. The highest BCUT2D eigenvalue weighted by molar-refractivity contribution is 6.35. The Kier molecular flexibility index (Phi) is 6.99. The SMILES string of the molecule is Bc1cnc(Nc2cc(C(F)(F)F)cc(C(F)(F)F)c2)nc1NCCCN(C)C. The van der Waals surface area contributed by atoms with Gasteiger partial charge in [-0.1, -0.05) is 0 Å². The Hall–Kier alpha value is -2.50. The summed E-state index contributed by atoms with van der Waals surface area (Å²) in [6.07, 6.45) is -7.60. The maximum absolute atomic E-state index is 13.0. The van der Waals surface area contributed by atoms with Crippen LogP contribution in [0.2, 0.25) is 0 Å². The van der Waals surface area contributed by atoms with Crippen LogP contribution < -0.4 is 16.1 Å². The van der Waals surface area contributed by atoms with E-state index in [0.29, 0.717) is 30.0 Å². The predicted molar refractivity (Wildman–Crippen MR) is 102 cm³/mol. The molecule has 0 fully saturated rings. The molecule has 2 N–H and O–H groups in total. The summed E-state index contributed by atoms with van der Waals surface area (Å²) in [7, 11) is 5.61. The smallest absolute Gasteiger partial charge is 0.370 e. The van der Waals surface area contributed by atoms with E-state index in [-0.39, 0.29) is 12.0 Å². The third-order valence-electron chi connectivity index (χ3n) is 3.89. The van der Waals surface area contributed by atoms with Crippen LogP contribution in [0.1, 0.15) is 17.5 Å². The number of anilines is 3. The van der Waals surface area contributed by atoms with Crippen LogP contribution >= 0.6 is 0 Å². The number of hydrogen-bond donors (Lipinski definition) is 2. The van der Waals surface area contributed by atoms with Crippen molar-refractivity contribution >= 4 is 30.8 Å². The van der Waals surface area contributed by atoms with E-state index in [9.17, 15) is 26.3 Å². The number of aromatic nitrogens is 2. The first kappa shape index (κ1) is 22.8. The minimum atomic E-state index is -4.93. The first-order valence-electron chi connectivity index (χ1n) is 8.65. The topological polar surface area (TPSA) is 53.1 Å². The van der Waals surface area contributed by atoms with Crippen molar-refractivity contribution in [1.82, 2.24) is 14.9 Å². The molecule has 0 aliphatic rings. The van der Waals surface area contributed by atoms with Crippen LogP contribution in [-0.2, 0) is 12.4 Å². The standard InChI is InChI=1S/C17H20BF6N5/c1-29(2)5-3-4-25-14-13(18)9-26-15(28-14)27-12-7-10(16(19,20)21)6-11(8-12)17(22,23)24/h6-9H,3-5,18H2,1-2H3,(H2,25,26,27,28).